The van der Waals surface area contributed by atoms with E-state index in [2.05, 4.69) is 36.9 Å². The topological polar surface area (TPSA) is 118 Å². The van der Waals surface area contributed by atoms with Gasteiger partial charge in [-0.2, -0.15) is 0 Å². The molecule has 0 spiro atoms. The summed E-state index contributed by atoms with van der Waals surface area (Å²) in [5, 5.41) is 18.7. The molecule has 0 aliphatic carbocycles. The summed E-state index contributed by atoms with van der Waals surface area (Å²) in [6, 6.07) is 17.4. The van der Waals surface area contributed by atoms with Gasteiger partial charge in [-0.1, -0.05) is 55.2 Å². The van der Waals surface area contributed by atoms with Gasteiger partial charge in [0, 0.05) is 24.7 Å². The molecular formula is C31H34N6O4S2. The number of esters is 2. The molecule has 2 aromatic heterocycles. The van der Waals surface area contributed by atoms with Gasteiger partial charge in [0.25, 0.3) is 0 Å². The Morgan fingerprint density at radius 2 is 1.65 bits per heavy atom. The van der Waals surface area contributed by atoms with E-state index in [-0.39, 0.29) is 18.5 Å². The summed E-state index contributed by atoms with van der Waals surface area (Å²) in [4.78, 5) is 30.6. The molecule has 0 saturated carbocycles. The Morgan fingerprint density at radius 3 is 2.30 bits per heavy atom. The number of nitrogens with zero attached hydrogens (tertiary/aromatic N) is 6. The SMILES string of the molecule is C=CC(=O)OCCN(CC)c1ccc(N=Nc2nc3sc(N=Nc4ccc(CCOC(=O)C(C)CC)cc4)cc3s2)cc1. The Hall–Kier alpha value is -4.29. The number of fused-ring (bicyclic) bond motifs is 1. The third-order valence-electron chi connectivity index (χ3n) is 6.53. The van der Waals surface area contributed by atoms with Crippen LogP contribution in [0.5, 0.6) is 0 Å². The van der Waals surface area contributed by atoms with Crippen LogP contribution in [0.2, 0.25) is 0 Å². The van der Waals surface area contributed by atoms with Crippen LogP contribution in [0.25, 0.3) is 9.53 Å². The molecule has 12 heteroatoms. The van der Waals surface area contributed by atoms with E-state index >= 15 is 0 Å². The Labute approximate surface area is 258 Å². The van der Waals surface area contributed by atoms with E-state index in [0.29, 0.717) is 30.4 Å². The first-order valence-electron chi connectivity index (χ1n) is 14.0. The van der Waals surface area contributed by atoms with Crippen LogP contribution in [-0.2, 0) is 25.5 Å². The van der Waals surface area contributed by atoms with Gasteiger partial charge in [-0.3, -0.25) is 4.79 Å². The smallest absolute Gasteiger partial charge is 0.330 e. The zero-order valence-corrected chi connectivity index (χ0v) is 26.1. The number of thiazole rings is 1. The van der Waals surface area contributed by atoms with Crippen LogP contribution < -0.4 is 4.90 Å². The highest BCUT2D eigenvalue weighted by Gasteiger charge is 2.12. The van der Waals surface area contributed by atoms with Crippen LogP contribution in [0, 0.1) is 5.92 Å². The van der Waals surface area contributed by atoms with Gasteiger partial charge in [-0.25, -0.2) is 9.78 Å². The maximum atomic E-state index is 11.8. The normalized spacial score (nSPS) is 12.2. The van der Waals surface area contributed by atoms with E-state index in [0.717, 1.165) is 50.5 Å². The predicted octanol–water partition coefficient (Wildman–Crippen LogP) is 8.88. The van der Waals surface area contributed by atoms with Gasteiger partial charge < -0.3 is 14.4 Å². The van der Waals surface area contributed by atoms with Crippen LogP contribution in [-0.4, -0.2) is 43.2 Å². The fourth-order valence-corrected chi connectivity index (χ4v) is 5.68. The highest BCUT2D eigenvalue weighted by Crippen LogP contribution is 2.39. The lowest BCUT2D eigenvalue weighted by Gasteiger charge is -2.22. The van der Waals surface area contributed by atoms with Crippen molar-refractivity contribution in [3.8, 4) is 0 Å². The molecule has 2 aromatic carbocycles. The van der Waals surface area contributed by atoms with Crippen molar-refractivity contribution in [3.63, 3.8) is 0 Å². The van der Waals surface area contributed by atoms with Gasteiger partial charge in [0.2, 0.25) is 5.13 Å². The molecule has 0 N–H and O–H groups in total. The molecule has 1 unspecified atom stereocenters. The average molecular weight is 619 g/mol. The second-order valence-electron chi connectivity index (χ2n) is 9.51. The number of carbonyl (C=O) groups excluding carboxylic acids is 2. The highest BCUT2D eigenvalue weighted by molar-refractivity contribution is 7.30. The number of anilines is 1. The minimum Gasteiger partial charge on any atom is -0.465 e. The Morgan fingerprint density at radius 1 is 0.953 bits per heavy atom. The molecule has 0 aliphatic heterocycles. The number of ether oxygens (including phenoxy) is 2. The van der Waals surface area contributed by atoms with Crippen LogP contribution in [0.1, 0.15) is 32.8 Å². The maximum Gasteiger partial charge on any atom is 0.330 e. The van der Waals surface area contributed by atoms with Gasteiger partial charge >= 0.3 is 11.9 Å². The predicted molar refractivity (Wildman–Crippen MR) is 172 cm³/mol. The summed E-state index contributed by atoms with van der Waals surface area (Å²) in [5.74, 6) is -0.646. The quantitative estimate of drug-likeness (QED) is 0.0746. The van der Waals surface area contributed by atoms with Gasteiger partial charge in [-0.15, -0.1) is 20.5 Å². The van der Waals surface area contributed by atoms with Gasteiger partial charge in [-0.05, 0) is 61.4 Å². The summed E-state index contributed by atoms with van der Waals surface area (Å²) < 4.78 is 11.4. The lowest BCUT2D eigenvalue weighted by atomic mass is 10.1. The largest absolute Gasteiger partial charge is 0.465 e. The lowest BCUT2D eigenvalue weighted by Crippen LogP contribution is -2.27. The number of hydrogen-bond donors (Lipinski definition) is 0. The van der Waals surface area contributed by atoms with Crippen molar-refractivity contribution in [2.75, 3.05) is 31.2 Å². The first-order valence-corrected chi connectivity index (χ1v) is 15.7. The molecule has 0 fully saturated rings. The highest BCUT2D eigenvalue weighted by atomic mass is 32.1. The number of azo groups is 2. The van der Waals surface area contributed by atoms with Crippen LogP contribution in [0.15, 0.2) is 87.7 Å². The van der Waals surface area contributed by atoms with Crippen molar-refractivity contribution in [1.82, 2.24) is 4.98 Å². The number of benzene rings is 2. The fourth-order valence-electron chi connectivity index (χ4n) is 3.83. The van der Waals surface area contributed by atoms with Gasteiger partial charge in [0.05, 0.1) is 35.1 Å². The second-order valence-corrected chi connectivity index (χ2v) is 11.5. The van der Waals surface area contributed by atoms with Gasteiger partial charge in [0.15, 0.2) is 0 Å². The zero-order valence-electron chi connectivity index (χ0n) is 24.4. The van der Waals surface area contributed by atoms with Crippen LogP contribution in [0.4, 0.5) is 27.2 Å². The van der Waals surface area contributed by atoms with Crippen molar-refractivity contribution in [3.05, 3.63) is 72.8 Å². The number of hydrogen-bond acceptors (Lipinski definition) is 12. The van der Waals surface area contributed by atoms with Crippen molar-refractivity contribution >= 4 is 71.3 Å². The Balaban J connectivity index is 1.28. The summed E-state index contributed by atoms with van der Waals surface area (Å²) in [7, 11) is 0. The number of thiophene rings is 1. The third kappa shape index (κ3) is 9.35. The number of aromatic nitrogens is 1. The summed E-state index contributed by atoms with van der Waals surface area (Å²) in [5.41, 5.74) is 3.53. The molecule has 0 amide bonds. The average Bonchev–Trinajstić information content (AvgIpc) is 3.60. The molecule has 0 aliphatic rings. The molecule has 10 nitrogen and oxygen atoms in total. The van der Waals surface area contributed by atoms with Crippen LogP contribution in [0.3, 0.4) is 0 Å². The molecule has 4 aromatic rings. The Bertz CT molecular complexity index is 1550. The van der Waals surface area contributed by atoms with E-state index in [1.165, 1.54) is 22.7 Å². The fraction of sp³-hybridized carbons (Fsp3) is 0.323. The molecule has 0 radical (unpaired) electrons. The van der Waals surface area contributed by atoms with E-state index in [1.54, 1.807) is 0 Å². The standard InChI is InChI=1S/C31H34N6O4S2/c1-5-21(4)30(39)41-18-16-22-8-10-23(11-9-22)33-35-27-20-26-29(43-27)32-31(42-26)36-34-24-12-14-25(15-13-24)37(7-3)17-19-40-28(38)6-2/h6,8-15,20-21H,2,5,7,16-19H2,1,3-4H3. The van der Waals surface area contributed by atoms with E-state index in [4.69, 9.17) is 9.47 Å². The molecule has 0 saturated heterocycles. The summed E-state index contributed by atoms with van der Waals surface area (Å²) in [6.07, 6.45) is 2.60. The molecule has 0 bridgehead atoms. The molecule has 4 rings (SSSR count). The van der Waals surface area contributed by atoms with Crippen molar-refractivity contribution in [1.29, 1.82) is 0 Å². The number of carbonyl (C=O) groups is 2. The van der Waals surface area contributed by atoms with Crippen molar-refractivity contribution in [2.24, 2.45) is 26.4 Å². The van der Waals surface area contributed by atoms with Crippen molar-refractivity contribution < 1.29 is 19.1 Å². The first-order chi connectivity index (χ1) is 20.9. The lowest BCUT2D eigenvalue weighted by molar-refractivity contribution is -0.147. The minimum absolute atomic E-state index is 0.0710. The van der Waals surface area contributed by atoms with Gasteiger partial charge in [0.1, 0.15) is 16.4 Å². The van der Waals surface area contributed by atoms with Crippen LogP contribution >= 0.6 is 22.7 Å². The monoisotopic (exact) mass is 618 g/mol. The summed E-state index contributed by atoms with van der Waals surface area (Å²) >= 11 is 2.89. The van der Waals surface area contributed by atoms with E-state index < -0.39 is 5.97 Å². The molecule has 43 heavy (non-hydrogen) atoms. The Kier molecular flexibility index (Phi) is 11.6. The minimum atomic E-state index is -0.424. The maximum absolute atomic E-state index is 11.8. The number of likely N-dealkylation sites (N-methyl/N-ethyl adjacent to an activating group) is 1. The number of rotatable bonds is 15. The van der Waals surface area contributed by atoms with E-state index in [1.807, 2.05) is 75.4 Å². The summed E-state index contributed by atoms with van der Waals surface area (Å²) in [6.45, 7) is 11.3. The molecule has 1 atom stereocenters. The van der Waals surface area contributed by atoms with Crippen molar-refractivity contribution in [2.45, 2.75) is 33.6 Å². The second kappa shape index (κ2) is 15.8. The third-order valence-corrected chi connectivity index (χ3v) is 8.46. The van der Waals surface area contributed by atoms with E-state index in [9.17, 15) is 9.59 Å². The first kappa shape index (κ1) is 31.6. The molecule has 224 valence electrons. The molecular weight excluding hydrogens is 585 g/mol. The zero-order chi connectivity index (χ0) is 30.6. The molecule has 2 heterocycles.